The van der Waals surface area contributed by atoms with Gasteiger partial charge in [0.25, 0.3) is 0 Å². The Labute approximate surface area is 115 Å². The fraction of sp³-hybridized carbons (Fsp3) is 0.231. The summed E-state index contributed by atoms with van der Waals surface area (Å²) in [5.74, 6) is 1.32. The Hall–Kier alpha value is -1.88. The maximum absolute atomic E-state index is 13.0. The SMILES string of the molecule is COc1cc(NCc2ccc(F)c(Cl)c2)nc(C)n1. The van der Waals surface area contributed by atoms with E-state index in [2.05, 4.69) is 15.3 Å². The number of aromatic nitrogens is 2. The Balaban J connectivity index is 2.09. The zero-order valence-corrected chi connectivity index (χ0v) is 11.3. The van der Waals surface area contributed by atoms with E-state index in [1.807, 2.05) is 0 Å². The second kappa shape index (κ2) is 5.84. The van der Waals surface area contributed by atoms with E-state index in [-0.39, 0.29) is 5.02 Å². The molecular weight excluding hydrogens is 269 g/mol. The zero-order valence-electron chi connectivity index (χ0n) is 10.6. The molecule has 2 aromatic rings. The summed E-state index contributed by atoms with van der Waals surface area (Å²) in [5, 5.41) is 3.22. The number of anilines is 1. The minimum absolute atomic E-state index is 0.107. The number of benzene rings is 1. The Morgan fingerprint density at radius 3 is 2.79 bits per heavy atom. The van der Waals surface area contributed by atoms with Crippen molar-refractivity contribution in [3.05, 3.63) is 46.5 Å². The van der Waals surface area contributed by atoms with Gasteiger partial charge >= 0.3 is 0 Å². The van der Waals surface area contributed by atoms with Crippen molar-refractivity contribution in [2.45, 2.75) is 13.5 Å². The molecule has 2 rings (SSSR count). The van der Waals surface area contributed by atoms with Gasteiger partial charge in [0.2, 0.25) is 5.88 Å². The first-order chi connectivity index (χ1) is 9.08. The summed E-state index contributed by atoms with van der Waals surface area (Å²) in [6.45, 7) is 2.27. The molecule has 19 heavy (non-hydrogen) atoms. The van der Waals surface area contributed by atoms with Crippen molar-refractivity contribution < 1.29 is 9.13 Å². The van der Waals surface area contributed by atoms with Crippen molar-refractivity contribution in [2.24, 2.45) is 0 Å². The van der Waals surface area contributed by atoms with Crippen LogP contribution in [0.15, 0.2) is 24.3 Å². The van der Waals surface area contributed by atoms with Crippen LogP contribution in [0, 0.1) is 12.7 Å². The third kappa shape index (κ3) is 3.54. The first kappa shape index (κ1) is 13.5. The molecule has 0 spiro atoms. The molecule has 1 aromatic heterocycles. The van der Waals surface area contributed by atoms with Crippen LogP contribution in [0.2, 0.25) is 5.02 Å². The minimum atomic E-state index is -0.426. The Morgan fingerprint density at radius 1 is 1.32 bits per heavy atom. The Kier molecular flexibility index (Phi) is 4.16. The van der Waals surface area contributed by atoms with Crippen LogP contribution in [0.1, 0.15) is 11.4 Å². The lowest BCUT2D eigenvalue weighted by atomic mass is 10.2. The largest absolute Gasteiger partial charge is 0.481 e. The number of halogens is 2. The second-order valence-corrected chi connectivity index (χ2v) is 4.35. The lowest BCUT2D eigenvalue weighted by Gasteiger charge is -2.08. The van der Waals surface area contributed by atoms with Gasteiger partial charge in [0.15, 0.2) is 0 Å². The van der Waals surface area contributed by atoms with E-state index < -0.39 is 5.82 Å². The molecule has 0 aliphatic carbocycles. The van der Waals surface area contributed by atoms with Crippen molar-refractivity contribution in [3.63, 3.8) is 0 Å². The number of hydrogen-bond acceptors (Lipinski definition) is 4. The lowest BCUT2D eigenvalue weighted by molar-refractivity contribution is 0.396. The van der Waals surface area contributed by atoms with Gasteiger partial charge in [-0.1, -0.05) is 17.7 Å². The number of ether oxygens (including phenoxy) is 1. The van der Waals surface area contributed by atoms with Gasteiger partial charge in [0.05, 0.1) is 12.1 Å². The number of aryl methyl sites for hydroxylation is 1. The Morgan fingerprint density at radius 2 is 2.11 bits per heavy atom. The van der Waals surface area contributed by atoms with E-state index in [0.717, 1.165) is 5.56 Å². The lowest BCUT2D eigenvalue weighted by Crippen LogP contribution is -2.04. The summed E-state index contributed by atoms with van der Waals surface area (Å²) in [7, 11) is 1.55. The van der Waals surface area contributed by atoms with E-state index in [1.54, 1.807) is 32.2 Å². The highest BCUT2D eigenvalue weighted by Crippen LogP contribution is 2.18. The summed E-state index contributed by atoms with van der Waals surface area (Å²) >= 11 is 5.72. The second-order valence-electron chi connectivity index (χ2n) is 3.94. The highest BCUT2D eigenvalue weighted by atomic mass is 35.5. The van der Waals surface area contributed by atoms with Gasteiger partial charge in [0.1, 0.15) is 17.5 Å². The molecule has 0 fully saturated rings. The first-order valence-corrected chi connectivity index (χ1v) is 6.04. The standard InChI is InChI=1S/C13H13ClFN3O/c1-8-17-12(6-13(18-8)19-2)16-7-9-3-4-11(15)10(14)5-9/h3-6H,7H2,1-2H3,(H,16,17,18). The van der Waals surface area contributed by atoms with E-state index in [0.29, 0.717) is 24.1 Å². The van der Waals surface area contributed by atoms with E-state index in [1.165, 1.54) is 6.07 Å². The monoisotopic (exact) mass is 281 g/mol. The summed E-state index contributed by atoms with van der Waals surface area (Å²) < 4.78 is 18.1. The fourth-order valence-electron chi connectivity index (χ4n) is 1.58. The summed E-state index contributed by atoms with van der Waals surface area (Å²) in [6, 6.07) is 6.28. The molecule has 0 amide bonds. The molecule has 1 N–H and O–H groups in total. The highest BCUT2D eigenvalue weighted by Gasteiger charge is 2.04. The van der Waals surface area contributed by atoms with Crippen LogP contribution in [0.4, 0.5) is 10.2 Å². The number of methoxy groups -OCH3 is 1. The average Bonchev–Trinajstić information content (AvgIpc) is 2.39. The molecule has 0 saturated heterocycles. The van der Waals surface area contributed by atoms with E-state index >= 15 is 0 Å². The van der Waals surface area contributed by atoms with Crippen LogP contribution in [0.25, 0.3) is 0 Å². The normalized spacial score (nSPS) is 10.3. The maximum Gasteiger partial charge on any atom is 0.218 e. The summed E-state index contributed by atoms with van der Waals surface area (Å²) in [6.07, 6.45) is 0. The van der Waals surface area contributed by atoms with E-state index in [9.17, 15) is 4.39 Å². The van der Waals surface area contributed by atoms with Crippen LogP contribution in [-0.4, -0.2) is 17.1 Å². The maximum atomic E-state index is 13.0. The molecule has 0 atom stereocenters. The molecule has 1 heterocycles. The molecule has 100 valence electrons. The van der Waals surface area contributed by atoms with Gasteiger partial charge in [-0.05, 0) is 24.6 Å². The molecule has 0 saturated carbocycles. The van der Waals surface area contributed by atoms with Gasteiger partial charge in [-0.3, -0.25) is 0 Å². The molecular formula is C13H13ClFN3O. The number of nitrogens with one attached hydrogen (secondary N) is 1. The van der Waals surface area contributed by atoms with Gasteiger partial charge < -0.3 is 10.1 Å². The van der Waals surface area contributed by atoms with Crippen molar-refractivity contribution in [1.29, 1.82) is 0 Å². The number of nitrogens with zero attached hydrogens (tertiary/aromatic N) is 2. The average molecular weight is 282 g/mol. The summed E-state index contributed by atoms with van der Waals surface area (Å²) in [4.78, 5) is 8.32. The molecule has 6 heteroatoms. The summed E-state index contributed by atoms with van der Waals surface area (Å²) in [5.41, 5.74) is 0.863. The van der Waals surface area contributed by atoms with Crippen molar-refractivity contribution in [1.82, 2.24) is 9.97 Å². The van der Waals surface area contributed by atoms with Crippen LogP contribution < -0.4 is 10.1 Å². The number of hydrogen-bond donors (Lipinski definition) is 1. The van der Waals surface area contributed by atoms with Crippen LogP contribution in [-0.2, 0) is 6.54 Å². The molecule has 0 aliphatic rings. The van der Waals surface area contributed by atoms with Crippen LogP contribution in [0.5, 0.6) is 5.88 Å². The smallest absolute Gasteiger partial charge is 0.218 e. The van der Waals surface area contributed by atoms with E-state index in [4.69, 9.17) is 16.3 Å². The van der Waals surface area contributed by atoms with Crippen molar-refractivity contribution in [2.75, 3.05) is 12.4 Å². The molecule has 1 aromatic carbocycles. The molecule has 0 bridgehead atoms. The molecule has 4 nitrogen and oxygen atoms in total. The predicted octanol–water partition coefficient (Wildman–Crippen LogP) is 3.20. The first-order valence-electron chi connectivity index (χ1n) is 5.66. The third-order valence-electron chi connectivity index (χ3n) is 2.48. The molecule has 0 unspecified atom stereocenters. The minimum Gasteiger partial charge on any atom is -0.481 e. The predicted molar refractivity (Wildman–Crippen MR) is 72.1 cm³/mol. The van der Waals surface area contributed by atoms with Crippen molar-refractivity contribution >= 4 is 17.4 Å². The van der Waals surface area contributed by atoms with Crippen LogP contribution >= 0.6 is 11.6 Å². The van der Waals surface area contributed by atoms with Crippen molar-refractivity contribution in [3.8, 4) is 5.88 Å². The number of rotatable bonds is 4. The quantitative estimate of drug-likeness (QED) is 0.935. The molecule has 0 radical (unpaired) electrons. The Bertz CT molecular complexity index is 592. The van der Waals surface area contributed by atoms with Gasteiger partial charge in [-0.25, -0.2) is 9.37 Å². The highest BCUT2D eigenvalue weighted by molar-refractivity contribution is 6.30. The van der Waals surface area contributed by atoms with Gasteiger partial charge in [-0.15, -0.1) is 0 Å². The van der Waals surface area contributed by atoms with Gasteiger partial charge in [-0.2, -0.15) is 4.98 Å². The third-order valence-corrected chi connectivity index (χ3v) is 2.77. The topological polar surface area (TPSA) is 47.0 Å². The molecule has 0 aliphatic heterocycles. The fourth-order valence-corrected chi connectivity index (χ4v) is 1.78. The zero-order chi connectivity index (χ0) is 13.8. The van der Waals surface area contributed by atoms with Crippen LogP contribution in [0.3, 0.4) is 0 Å². The van der Waals surface area contributed by atoms with Gasteiger partial charge in [0, 0.05) is 12.6 Å².